The van der Waals surface area contributed by atoms with Gasteiger partial charge in [-0.15, -0.1) is 0 Å². The molecule has 0 aliphatic rings. The van der Waals surface area contributed by atoms with Crippen molar-refractivity contribution in [2.45, 2.75) is 25.2 Å². The summed E-state index contributed by atoms with van der Waals surface area (Å²) in [6, 6.07) is 15.1. The number of carbonyl (C=O) groups is 1. The van der Waals surface area contributed by atoms with Gasteiger partial charge in [0.25, 0.3) is 0 Å². The average molecular weight is 526 g/mol. The molecule has 1 heterocycles. The molecule has 3 aromatic carbocycles. The maximum Gasteiger partial charge on any atom is 0.419 e. The smallest absolute Gasteiger partial charge is 0.372 e. The highest BCUT2D eigenvalue weighted by atomic mass is 19.4. The fraction of sp³-hybridized carbons (Fsp3) is 0.214. The zero-order valence-electron chi connectivity index (χ0n) is 20.5. The van der Waals surface area contributed by atoms with Crippen LogP contribution in [-0.2, 0) is 17.5 Å². The van der Waals surface area contributed by atoms with Crippen molar-refractivity contribution in [1.82, 2.24) is 9.55 Å². The molecule has 10 heteroatoms. The van der Waals surface area contributed by atoms with Crippen LogP contribution in [0.25, 0.3) is 22.4 Å². The Hall–Kier alpha value is -3.92. The maximum absolute atomic E-state index is 14.3. The van der Waals surface area contributed by atoms with E-state index in [1.165, 1.54) is 6.07 Å². The summed E-state index contributed by atoms with van der Waals surface area (Å²) in [6.45, 7) is 8.95. The lowest BCUT2D eigenvalue weighted by molar-refractivity contribution is -0.140. The van der Waals surface area contributed by atoms with Crippen LogP contribution >= 0.6 is 0 Å². The first-order chi connectivity index (χ1) is 18.0. The van der Waals surface area contributed by atoms with Crippen LogP contribution < -0.4 is 16.4 Å². The number of halogens is 4. The Labute approximate surface area is 217 Å². The van der Waals surface area contributed by atoms with E-state index < -0.39 is 29.5 Å². The number of aromatic nitrogens is 2. The minimum absolute atomic E-state index is 0.0412. The van der Waals surface area contributed by atoms with Crippen molar-refractivity contribution < 1.29 is 22.4 Å². The highest BCUT2D eigenvalue weighted by molar-refractivity contribution is 5.82. The van der Waals surface area contributed by atoms with Gasteiger partial charge in [0.05, 0.1) is 16.6 Å². The lowest BCUT2D eigenvalue weighted by Crippen LogP contribution is -2.21. The molecule has 4 N–H and O–H groups in total. The van der Waals surface area contributed by atoms with Crippen molar-refractivity contribution in [3.05, 3.63) is 97.0 Å². The van der Waals surface area contributed by atoms with Gasteiger partial charge in [-0.05, 0) is 73.5 Å². The van der Waals surface area contributed by atoms with Gasteiger partial charge in [-0.2, -0.15) is 13.2 Å². The molecule has 0 fully saturated rings. The molecule has 4 aromatic rings. The number of alkyl halides is 3. The molecular weight excluding hydrogens is 498 g/mol. The monoisotopic (exact) mass is 525 g/mol. The predicted octanol–water partition coefficient (Wildman–Crippen LogP) is 5.26. The number of benzene rings is 3. The van der Waals surface area contributed by atoms with Crippen LogP contribution in [0.1, 0.15) is 29.2 Å². The molecule has 198 valence electrons. The van der Waals surface area contributed by atoms with E-state index >= 15 is 0 Å². The summed E-state index contributed by atoms with van der Waals surface area (Å²) in [4.78, 5) is 18.1. The molecule has 1 unspecified atom stereocenters. The summed E-state index contributed by atoms with van der Waals surface area (Å²) in [5, 5.41) is 0. The number of hydrogen-bond donors (Lipinski definition) is 2. The topological polar surface area (TPSA) is 90.2 Å². The fourth-order valence-electron chi connectivity index (χ4n) is 4.35. The third-order valence-corrected chi connectivity index (χ3v) is 6.33. The summed E-state index contributed by atoms with van der Waals surface area (Å²) in [6.07, 6.45) is -4.83. The minimum Gasteiger partial charge on any atom is -0.372 e. The molecule has 38 heavy (non-hydrogen) atoms. The Morgan fingerprint density at radius 3 is 2.29 bits per heavy atom. The van der Waals surface area contributed by atoms with Gasteiger partial charge in [0.15, 0.2) is 0 Å². The van der Waals surface area contributed by atoms with Crippen molar-refractivity contribution >= 4 is 22.6 Å². The number of rotatable bonds is 9. The third-order valence-electron chi connectivity index (χ3n) is 6.33. The van der Waals surface area contributed by atoms with E-state index in [2.05, 4.69) is 13.8 Å². The third kappa shape index (κ3) is 5.65. The van der Waals surface area contributed by atoms with Crippen LogP contribution in [-0.4, -0.2) is 28.5 Å². The van der Waals surface area contributed by atoms with Gasteiger partial charge in [0, 0.05) is 43.3 Å². The Morgan fingerprint density at radius 2 is 1.71 bits per heavy atom. The van der Waals surface area contributed by atoms with Crippen LogP contribution in [0.5, 0.6) is 0 Å². The van der Waals surface area contributed by atoms with E-state index in [9.17, 15) is 22.4 Å². The second-order valence-electron chi connectivity index (χ2n) is 8.89. The first-order valence-corrected chi connectivity index (χ1v) is 11.9. The second kappa shape index (κ2) is 10.8. The molecule has 0 aliphatic heterocycles. The summed E-state index contributed by atoms with van der Waals surface area (Å²) in [5.74, 6) is -1.35. The molecule has 0 spiro atoms. The Balaban J connectivity index is 1.80. The number of anilines is 1. The molecule has 1 aromatic heterocycles. The number of imidazole rings is 1. The quantitative estimate of drug-likeness (QED) is 0.292. The SMILES string of the molecule is [CH2]CN(C[CH2])c1ccc(-c2nc3cc(C(N)CC(N)=O)ccc3n2Cc2ccc(C(F)(F)F)c(F)c2)cc1. The van der Waals surface area contributed by atoms with Crippen LogP contribution in [0.4, 0.5) is 23.2 Å². The molecule has 0 aliphatic carbocycles. The molecule has 1 atom stereocenters. The highest BCUT2D eigenvalue weighted by Gasteiger charge is 2.34. The number of amides is 1. The molecule has 0 saturated heterocycles. The van der Waals surface area contributed by atoms with Crippen molar-refractivity contribution in [1.29, 1.82) is 0 Å². The lowest BCUT2D eigenvalue weighted by atomic mass is 10.0. The van der Waals surface area contributed by atoms with E-state index in [0.29, 0.717) is 41.1 Å². The molecule has 4 rings (SSSR count). The van der Waals surface area contributed by atoms with Crippen molar-refractivity contribution in [2.75, 3.05) is 18.0 Å². The van der Waals surface area contributed by atoms with E-state index in [1.54, 1.807) is 22.8 Å². The van der Waals surface area contributed by atoms with Crippen molar-refractivity contribution in [3.63, 3.8) is 0 Å². The molecule has 0 saturated carbocycles. The van der Waals surface area contributed by atoms with E-state index in [0.717, 1.165) is 23.4 Å². The Bertz CT molecular complexity index is 1440. The van der Waals surface area contributed by atoms with Crippen LogP contribution in [0.15, 0.2) is 60.7 Å². The van der Waals surface area contributed by atoms with Gasteiger partial charge in [-0.1, -0.05) is 12.1 Å². The van der Waals surface area contributed by atoms with Gasteiger partial charge in [-0.3, -0.25) is 4.79 Å². The fourth-order valence-corrected chi connectivity index (χ4v) is 4.35. The number of hydrogen-bond acceptors (Lipinski definition) is 4. The predicted molar refractivity (Wildman–Crippen MR) is 139 cm³/mol. The van der Waals surface area contributed by atoms with Crippen LogP contribution in [0.2, 0.25) is 0 Å². The minimum atomic E-state index is -4.78. The number of nitrogens with two attached hydrogens (primary N) is 2. The number of fused-ring (bicyclic) bond motifs is 1. The Kier molecular flexibility index (Phi) is 7.73. The van der Waals surface area contributed by atoms with Gasteiger partial charge in [-0.25, -0.2) is 9.37 Å². The van der Waals surface area contributed by atoms with Gasteiger partial charge < -0.3 is 20.9 Å². The number of carbonyl (C=O) groups excluding carboxylic acids is 1. The first-order valence-electron chi connectivity index (χ1n) is 11.9. The van der Waals surface area contributed by atoms with Gasteiger partial charge in [0.1, 0.15) is 11.6 Å². The van der Waals surface area contributed by atoms with Gasteiger partial charge >= 0.3 is 6.18 Å². The van der Waals surface area contributed by atoms with Gasteiger partial charge in [0.2, 0.25) is 5.91 Å². The molecule has 0 bridgehead atoms. The number of primary amides is 1. The number of nitrogens with zero attached hydrogens (tertiary/aromatic N) is 3. The molecule has 2 radical (unpaired) electrons. The zero-order chi connectivity index (χ0) is 27.6. The Morgan fingerprint density at radius 1 is 1.03 bits per heavy atom. The van der Waals surface area contributed by atoms with E-state index in [4.69, 9.17) is 16.5 Å². The molecule has 1 amide bonds. The van der Waals surface area contributed by atoms with Crippen molar-refractivity contribution in [2.24, 2.45) is 11.5 Å². The average Bonchev–Trinajstić information content (AvgIpc) is 3.21. The second-order valence-corrected chi connectivity index (χ2v) is 8.89. The largest absolute Gasteiger partial charge is 0.419 e. The zero-order valence-corrected chi connectivity index (χ0v) is 20.5. The lowest BCUT2D eigenvalue weighted by Gasteiger charge is -2.21. The molecule has 6 nitrogen and oxygen atoms in total. The van der Waals surface area contributed by atoms with Crippen molar-refractivity contribution in [3.8, 4) is 11.4 Å². The summed E-state index contributed by atoms with van der Waals surface area (Å²) in [7, 11) is 0. The summed E-state index contributed by atoms with van der Waals surface area (Å²) in [5.41, 5.74) is 14.0. The van der Waals surface area contributed by atoms with E-state index in [-0.39, 0.29) is 13.0 Å². The standard InChI is InChI=1S/C28H27F4N5O/c1-3-36(4-2)20-9-6-18(7-10-20)27-35-24-14-19(23(33)15-26(34)38)8-12-25(24)37(27)16-17-5-11-21(22(29)13-17)28(30,31)32/h5-14,23H,1-4,15-16,33H2,(H2,34,38). The van der Waals surface area contributed by atoms with E-state index in [1.807, 2.05) is 29.2 Å². The normalized spacial score (nSPS) is 12.6. The summed E-state index contributed by atoms with van der Waals surface area (Å²) < 4.78 is 55.3. The summed E-state index contributed by atoms with van der Waals surface area (Å²) >= 11 is 0. The molecular formula is C28H27F4N5O. The van der Waals surface area contributed by atoms with Crippen LogP contribution in [0.3, 0.4) is 0 Å². The van der Waals surface area contributed by atoms with Crippen LogP contribution in [0, 0.1) is 19.7 Å². The first kappa shape index (κ1) is 27.1. The maximum atomic E-state index is 14.3. The highest BCUT2D eigenvalue weighted by Crippen LogP contribution is 2.33.